The summed E-state index contributed by atoms with van der Waals surface area (Å²) in [6.45, 7) is 8.75. The van der Waals surface area contributed by atoms with Crippen LogP contribution in [0.15, 0.2) is 18.2 Å². The Bertz CT molecular complexity index is 617. The summed E-state index contributed by atoms with van der Waals surface area (Å²) in [5.41, 5.74) is -0.884. The topological polar surface area (TPSA) is 66.8 Å². The molecule has 22 heavy (non-hydrogen) atoms. The molecule has 5 heteroatoms. The van der Waals surface area contributed by atoms with E-state index in [1.54, 1.807) is 19.9 Å². The summed E-state index contributed by atoms with van der Waals surface area (Å²) in [5.74, 6) is -0.775. The SMILES string of the molecule is CCC1(CC)Oc2ccc(C)cc2N(C(C)(C)C(=O)O)C1=O. The van der Waals surface area contributed by atoms with Gasteiger partial charge in [0, 0.05) is 0 Å². The van der Waals surface area contributed by atoms with E-state index in [4.69, 9.17) is 4.74 Å². The number of nitrogens with zero attached hydrogens (tertiary/aromatic N) is 1. The molecule has 1 aliphatic heterocycles. The molecule has 0 aliphatic carbocycles. The third-order valence-electron chi connectivity index (χ3n) is 4.48. The average Bonchev–Trinajstić information content (AvgIpc) is 2.46. The predicted molar refractivity (Wildman–Crippen MR) is 84.3 cm³/mol. The van der Waals surface area contributed by atoms with Gasteiger partial charge in [-0.25, -0.2) is 4.79 Å². The van der Waals surface area contributed by atoms with E-state index < -0.39 is 17.1 Å². The second-order valence-corrected chi connectivity index (χ2v) is 6.28. The van der Waals surface area contributed by atoms with Crippen molar-refractivity contribution in [2.24, 2.45) is 0 Å². The molecule has 0 radical (unpaired) electrons. The molecule has 0 saturated carbocycles. The van der Waals surface area contributed by atoms with Crippen molar-refractivity contribution in [3.63, 3.8) is 0 Å². The molecule has 1 heterocycles. The van der Waals surface area contributed by atoms with Crippen molar-refractivity contribution in [3.05, 3.63) is 23.8 Å². The van der Waals surface area contributed by atoms with Crippen LogP contribution >= 0.6 is 0 Å². The van der Waals surface area contributed by atoms with Crippen LogP contribution in [0, 0.1) is 6.92 Å². The van der Waals surface area contributed by atoms with E-state index in [0.717, 1.165) is 5.56 Å². The molecule has 1 aromatic rings. The van der Waals surface area contributed by atoms with E-state index in [1.165, 1.54) is 4.90 Å². The number of hydrogen-bond acceptors (Lipinski definition) is 3. The van der Waals surface area contributed by atoms with Crippen LogP contribution in [0.3, 0.4) is 0 Å². The molecule has 1 N–H and O–H groups in total. The van der Waals surface area contributed by atoms with Crippen molar-refractivity contribution in [2.75, 3.05) is 4.90 Å². The number of ether oxygens (including phenoxy) is 1. The maximum atomic E-state index is 13.1. The lowest BCUT2D eigenvalue weighted by molar-refractivity contribution is -0.148. The number of carbonyl (C=O) groups is 2. The van der Waals surface area contributed by atoms with Crippen LogP contribution in [-0.4, -0.2) is 28.1 Å². The first-order chi connectivity index (χ1) is 10.2. The predicted octanol–water partition coefficient (Wildman–Crippen LogP) is 3.14. The molecule has 5 nitrogen and oxygen atoms in total. The molecule has 0 saturated heterocycles. The first-order valence-electron chi connectivity index (χ1n) is 7.57. The molecule has 120 valence electrons. The minimum atomic E-state index is -1.35. The van der Waals surface area contributed by atoms with Crippen molar-refractivity contribution in [3.8, 4) is 5.75 Å². The number of anilines is 1. The highest BCUT2D eigenvalue weighted by Crippen LogP contribution is 2.44. The number of carboxylic acids is 1. The molecule has 0 fully saturated rings. The molecule has 0 aromatic heterocycles. The fourth-order valence-electron chi connectivity index (χ4n) is 2.80. The number of aryl methyl sites for hydroxylation is 1. The number of hydrogen-bond donors (Lipinski definition) is 1. The number of fused-ring (bicyclic) bond motifs is 1. The van der Waals surface area contributed by atoms with E-state index in [2.05, 4.69) is 0 Å². The van der Waals surface area contributed by atoms with Crippen molar-refractivity contribution in [1.82, 2.24) is 0 Å². The van der Waals surface area contributed by atoms with Gasteiger partial charge in [0.2, 0.25) is 0 Å². The second-order valence-electron chi connectivity index (χ2n) is 6.28. The molecule has 1 aromatic carbocycles. The van der Waals surface area contributed by atoms with E-state index >= 15 is 0 Å². The van der Waals surface area contributed by atoms with E-state index in [0.29, 0.717) is 24.3 Å². The Morgan fingerprint density at radius 1 is 1.32 bits per heavy atom. The van der Waals surface area contributed by atoms with Crippen LogP contribution in [-0.2, 0) is 9.59 Å². The van der Waals surface area contributed by atoms with Crippen LogP contribution in [0.1, 0.15) is 46.1 Å². The Balaban J connectivity index is 2.71. The second kappa shape index (κ2) is 5.30. The molecule has 1 aliphatic rings. The number of rotatable bonds is 4. The molecular formula is C17H23NO4. The average molecular weight is 305 g/mol. The van der Waals surface area contributed by atoms with Gasteiger partial charge in [0.1, 0.15) is 11.3 Å². The third kappa shape index (κ3) is 2.25. The zero-order valence-corrected chi connectivity index (χ0v) is 13.8. The van der Waals surface area contributed by atoms with E-state index in [1.807, 2.05) is 32.9 Å². The van der Waals surface area contributed by atoms with E-state index in [9.17, 15) is 14.7 Å². The van der Waals surface area contributed by atoms with Crippen LogP contribution < -0.4 is 9.64 Å². The highest BCUT2D eigenvalue weighted by Gasteiger charge is 2.52. The number of carboxylic acid groups (broad SMARTS) is 1. The van der Waals surface area contributed by atoms with Gasteiger partial charge in [-0.15, -0.1) is 0 Å². The highest BCUT2D eigenvalue weighted by atomic mass is 16.5. The van der Waals surface area contributed by atoms with Gasteiger partial charge >= 0.3 is 5.97 Å². The minimum Gasteiger partial charge on any atom is -0.480 e. The normalized spacial score (nSPS) is 17.0. The molecule has 0 atom stereocenters. The van der Waals surface area contributed by atoms with Gasteiger partial charge in [0.25, 0.3) is 5.91 Å². The summed E-state index contributed by atoms with van der Waals surface area (Å²) < 4.78 is 6.01. The molecule has 0 unspecified atom stereocenters. The number of benzene rings is 1. The van der Waals surface area contributed by atoms with Crippen LogP contribution in [0.2, 0.25) is 0 Å². The lowest BCUT2D eigenvalue weighted by Gasteiger charge is -2.46. The zero-order chi connectivity index (χ0) is 16.7. The Morgan fingerprint density at radius 2 is 1.91 bits per heavy atom. The summed E-state index contributed by atoms with van der Waals surface area (Å²) in [4.78, 5) is 26.2. The smallest absolute Gasteiger partial charge is 0.329 e. The first kappa shape index (κ1) is 16.3. The Labute approximate surface area is 130 Å². The largest absolute Gasteiger partial charge is 0.480 e. The van der Waals surface area contributed by atoms with Gasteiger partial charge in [-0.2, -0.15) is 0 Å². The zero-order valence-electron chi connectivity index (χ0n) is 13.8. The van der Waals surface area contributed by atoms with Crippen LogP contribution in [0.25, 0.3) is 0 Å². The monoisotopic (exact) mass is 305 g/mol. The number of amides is 1. The van der Waals surface area contributed by atoms with Crippen molar-refractivity contribution in [2.45, 2.75) is 58.6 Å². The van der Waals surface area contributed by atoms with Gasteiger partial charge < -0.3 is 9.84 Å². The molecule has 0 bridgehead atoms. The van der Waals surface area contributed by atoms with Gasteiger partial charge in [0.05, 0.1) is 5.69 Å². The summed E-state index contributed by atoms with van der Waals surface area (Å²) in [7, 11) is 0. The van der Waals surface area contributed by atoms with Crippen molar-refractivity contribution in [1.29, 1.82) is 0 Å². The van der Waals surface area contributed by atoms with Gasteiger partial charge in [-0.3, -0.25) is 9.69 Å². The van der Waals surface area contributed by atoms with Gasteiger partial charge in [0.15, 0.2) is 5.60 Å². The highest BCUT2D eigenvalue weighted by molar-refractivity contribution is 6.08. The fraction of sp³-hybridized carbons (Fsp3) is 0.529. The van der Waals surface area contributed by atoms with Crippen LogP contribution in [0.5, 0.6) is 5.75 Å². The molecule has 0 spiro atoms. The minimum absolute atomic E-state index is 0.289. The number of aliphatic carboxylic acids is 1. The molecule has 2 rings (SSSR count). The first-order valence-corrected chi connectivity index (χ1v) is 7.57. The fourth-order valence-corrected chi connectivity index (χ4v) is 2.80. The Morgan fingerprint density at radius 3 is 2.41 bits per heavy atom. The molecular weight excluding hydrogens is 282 g/mol. The van der Waals surface area contributed by atoms with Gasteiger partial charge in [-0.05, 0) is 51.3 Å². The lowest BCUT2D eigenvalue weighted by Crippen LogP contribution is -2.64. The van der Waals surface area contributed by atoms with Crippen LogP contribution in [0.4, 0.5) is 5.69 Å². The summed E-state index contributed by atoms with van der Waals surface area (Å²) >= 11 is 0. The summed E-state index contributed by atoms with van der Waals surface area (Å²) in [6, 6.07) is 5.51. The van der Waals surface area contributed by atoms with Crippen molar-refractivity contribution < 1.29 is 19.4 Å². The Kier molecular flexibility index (Phi) is 3.94. The standard InChI is InChI=1S/C17H23NO4/c1-6-17(7-2)14(19)18(16(4,5)15(20)21)12-10-11(3)8-9-13(12)22-17/h8-10H,6-7H2,1-5H3,(H,20,21). The summed E-state index contributed by atoms with van der Waals surface area (Å²) in [6.07, 6.45) is 0.976. The lowest BCUT2D eigenvalue weighted by atomic mass is 9.89. The third-order valence-corrected chi connectivity index (χ3v) is 4.48. The maximum absolute atomic E-state index is 13.1. The van der Waals surface area contributed by atoms with Crippen molar-refractivity contribution >= 4 is 17.6 Å². The molecule has 1 amide bonds. The quantitative estimate of drug-likeness (QED) is 0.928. The van der Waals surface area contributed by atoms with E-state index in [-0.39, 0.29) is 5.91 Å². The number of carbonyl (C=O) groups excluding carboxylic acids is 1. The van der Waals surface area contributed by atoms with Gasteiger partial charge in [-0.1, -0.05) is 19.9 Å². The maximum Gasteiger partial charge on any atom is 0.329 e. The Hall–Kier alpha value is -2.04. The summed E-state index contributed by atoms with van der Waals surface area (Å²) in [5, 5.41) is 9.59.